The van der Waals surface area contributed by atoms with Gasteiger partial charge in [-0.15, -0.1) is 0 Å². The summed E-state index contributed by atoms with van der Waals surface area (Å²) < 4.78 is 5.26. The highest BCUT2D eigenvalue weighted by Gasteiger charge is 2.30. The molecule has 2 aliphatic rings. The van der Waals surface area contributed by atoms with Gasteiger partial charge in [0.2, 0.25) is 0 Å². The number of benzene rings is 1. The van der Waals surface area contributed by atoms with Gasteiger partial charge < -0.3 is 10.1 Å². The van der Waals surface area contributed by atoms with Crippen LogP contribution < -0.4 is 10.1 Å². The number of hydrogen-bond donors (Lipinski definition) is 1. The highest BCUT2D eigenvalue weighted by molar-refractivity contribution is 5.29. The van der Waals surface area contributed by atoms with E-state index in [-0.39, 0.29) is 0 Å². The SMILES string of the molecule is COc1ccc(C(C)N2CCCC(C3CCCN3)C2)cc1. The van der Waals surface area contributed by atoms with Crippen molar-refractivity contribution in [3.8, 4) is 5.75 Å². The second kappa shape index (κ2) is 6.80. The Kier molecular flexibility index (Phi) is 4.81. The molecule has 3 unspecified atom stereocenters. The zero-order valence-corrected chi connectivity index (χ0v) is 13.3. The first kappa shape index (κ1) is 14.9. The van der Waals surface area contributed by atoms with Crippen molar-refractivity contribution in [2.75, 3.05) is 26.7 Å². The minimum absolute atomic E-state index is 0.500. The third-order valence-electron chi connectivity index (χ3n) is 5.30. The van der Waals surface area contributed by atoms with E-state index in [1.807, 2.05) is 0 Å². The summed E-state index contributed by atoms with van der Waals surface area (Å²) in [5, 5.41) is 3.70. The van der Waals surface area contributed by atoms with Gasteiger partial charge in [-0.2, -0.15) is 0 Å². The Labute approximate surface area is 128 Å². The quantitative estimate of drug-likeness (QED) is 0.920. The van der Waals surface area contributed by atoms with Crippen LogP contribution in [0.4, 0.5) is 0 Å². The molecule has 0 saturated carbocycles. The Morgan fingerprint density at radius 2 is 2.00 bits per heavy atom. The smallest absolute Gasteiger partial charge is 0.118 e. The van der Waals surface area contributed by atoms with Crippen LogP contribution in [-0.4, -0.2) is 37.7 Å². The fraction of sp³-hybridized carbons (Fsp3) is 0.667. The molecule has 0 amide bonds. The van der Waals surface area contributed by atoms with Crippen molar-refractivity contribution in [3.05, 3.63) is 29.8 Å². The number of nitrogens with zero attached hydrogens (tertiary/aromatic N) is 1. The van der Waals surface area contributed by atoms with Crippen molar-refractivity contribution in [1.82, 2.24) is 10.2 Å². The zero-order chi connectivity index (χ0) is 14.7. The lowest BCUT2D eigenvalue weighted by Gasteiger charge is -2.39. The molecule has 3 atom stereocenters. The van der Waals surface area contributed by atoms with Crippen molar-refractivity contribution in [1.29, 1.82) is 0 Å². The Morgan fingerprint density at radius 3 is 2.67 bits per heavy atom. The highest BCUT2D eigenvalue weighted by atomic mass is 16.5. The van der Waals surface area contributed by atoms with Gasteiger partial charge in [-0.05, 0) is 69.3 Å². The maximum Gasteiger partial charge on any atom is 0.118 e. The Morgan fingerprint density at radius 1 is 1.19 bits per heavy atom. The van der Waals surface area contributed by atoms with Crippen molar-refractivity contribution in [2.24, 2.45) is 5.92 Å². The van der Waals surface area contributed by atoms with Gasteiger partial charge in [0.25, 0.3) is 0 Å². The van der Waals surface area contributed by atoms with Gasteiger partial charge in [0.05, 0.1) is 7.11 Å². The summed E-state index contributed by atoms with van der Waals surface area (Å²) in [4.78, 5) is 2.66. The first-order valence-electron chi connectivity index (χ1n) is 8.39. The number of hydrogen-bond acceptors (Lipinski definition) is 3. The van der Waals surface area contributed by atoms with Gasteiger partial charge in [-0.3, -0.25) is 4.90 Å². The third kappa shape index (κ3) is 3.41. The molecule has 1 aromatic carbocycles. The number of piperidine rings is 1. The lowest BCUT2D eigenvalue weighted by molar-refractivity contribution is 0.115. The van der Waals surface area contributed by atoms with Gasteiger partial charge in [0.15, 0.2) is 0 Å². The molecule has 116 valence electrons. The number of nitrogens with one attached hydrogen (secondary N) is 1. The average molecular weight is 288 g/mol. The lowest BCUT2D eigenvalue weighted by atomic mass is 9.88. The minimum atomic E-state index is 0.500. The molecule has 2 fully saturated rings. The van der Waals surface area contributed by atoms with E-state index in [4.69, 9.17) is 4.74 Å². The lowest BCUT2D eigenvalue weighted by Crippen LogP contribution is -2.44. The molecule has 3 nitrogen and oxygen atoms in total. The van der Waals surface area contributed by atoms with E-state index in [0.29, 0.717) is 6.04 Å². The second-order valence-corrected chi connectivity index (χ2v) is 6.55. The minimum Gasteiger partial charge on any atom is -0.497 e. The van der Waals surface area contributed by atoms with Crippen molar-refractivity contribution in [2.45, 2.75) is 44.7 Å². The topological polar surface area (TPSA) is 24.5 Å². The Balaban J connectivity index is 1.64. The van der Waals surface area contributed by atoms with Gasteiger partial charge >= 0.3 is 0 Å². The monoisotopic (exact) mass is 288 g/mol. The predicted octanol–water partition coefficient (Wildman–Crippen LogP) is 3.22. The molecular weight excluding hydrogens is 260 g/mol. The number of likely N-dealkylation sites (tertiary alicyclic amines) is 1. The summed E-state index contributed by atoms with van der Waals surface area (Å²) in [6.07, 6.45) is 5.46. The van der Waals surface area contributed by atoms with E-state index < -0.39 is 0 Å². The van der Waals surface area contributed by atoms with E-state index in [1.165, 1.54) is 50.9 Å². The van der Waals surface area contributed by atoms with Crippen LogP contribution in [-0.2, 0) is 0 Å². The van der Waals surface area contributed by atoms with Crippen molar-refractivity contribution >= 4 is 0 Å². The van der Waals surface area contributed by atoms with Crippen LogP contribution in [0.2, 0.25) is 0 Å². The van der Waals surface area contributed by atoms with E-state index in [0.717, 1.165) is 17.7 Å². The van der Waals surface area contributed by atoms with Crippen LogP contribution in [0.3, 0.4) is 0 Å². The summed E-state index contributed by atoms with van der Waals surface area (Å²) in [5.74, 6) is 1.78. The molecule has 2 heterocycles. The third-order valence-corrected chi connectivity index (χ3v) is 5.30. The number of methoxy groups -OCH3 is 1. The van der Waals surface area contributed by atoms with Crippen LogP contribution in [0.25, 0.3) is 0 Å². The highest BCUT2D eigenvalue weighted by Crippen LogP contribution is 2.30. The maximum atomic E-state index is 5.26. The van der Waals surface area contributed by atoms with Gasteiger partial charge in [-0.25, -0.2) is 0 Å². The number of rotatable bonds is 4. The summed E-state index contributed by atoms with van der Waals surface area (Å²) >= 11 is 0. The fourth-order valence-electron chi connectivity index (χ4n) is 3.93. The Hall–Kier alpha value is -1.06. The van der Waals surface area contributed by atoms with Crippen LogP contribution in [0.5, 0.6) is 5.75 Å². The Bertz CT molecular complexity index is 439. The number of ether oxygens (including phenoxy) is 1. The summed E-state index contributed by atoms with van der Waals surface area (Å²) in [5.41, 5.74) is 1.40. The second-order valence-electron chi connectivity index (χ2n) is 6.55. The summed E-state index contributed by atoms with van der Waals surface area (Å²) in [7, 11) is 1.72. The van der Waals surface area contributed by atoms with Crippen LogP contribution in [0.1, 0.15) is 44.2 Å². The molecule has 0 aliphatic carbocycles. The van der Waals surface area contributed by atoms with E-state index in [9.17, 15) is 0 Å². The van der Waals surface area contributed by atoms with E-state index in [2.05, 4.69) is 41.4 Å². The van der Waals surface area contributed by atoms with Gasteiger partial charge in [0, 0.05) is 18.6 Å². The molecule has 2 saturated heterocycles. The normalized spacial score (nSPS) is 28.5. The van der Waals surface area contributed by atoms with Gasteiger partial charge in [0.1, 0.15) is 5.75 Å². The van der Waals surface area contributed by atoms with Crippen LogP contribution in [0.15, 0.2) is 24.3 Å². The molecule has 21 heavy (non-hydrogen) atoms. The van der Waals surface area contributed by atoms with E-state index in [1.54, 1.807) is 7.11 Å². The average Bonchev–Trinajstić information content (AvgIpc) is 3.09. The molecule has 1 aromatic rings. The predicted molar refractivity (Wildman–Crippen MR) is 86.7 cm³/mol. The van der Waals surface area contributed by atoms with Crippen molar-refractivity contribution < 1.29 is 4.74 Å². The fourth-order valence-corrected chi connectivity index (χ4v) is 3.93. The largest absolute Gasteiger partial charge is 0.497 e. The molecular formula is C18H28N2O. The first-order valence-corrected chi connectivity index (χ1v) is 8.39. The van der Waals surface area contributed by atoms with Crippen molar-refractivity contribution in [3.63, 3.8) is 0 Å². The first-order chi connectivity index (χ1) is 10.3. The zero-order valence-electron chi connectivity index (χ0n) is 13.3. The molecule has 2 aliphatic heterocycles. The molecule has 0 radical (unpaired) electrons. The molecule has 1 N–H and O–H groups in total. The summed E-state index contributed by atoms with van der Waals surface area (Å²) in [6.45, 7) is 6.03. The molecule has 0 spiro atoms. The molecule has 3 heteroatoms. The standard InChI is InChI=1S/C18H28N2O/c1-14(15-7-9-17(21-2)10-8-15)20-12-4-5-16(13-20)18-6-3-11-19-18/h7-10,14,16,18-19H,3-6,11-13H2,1-2H3. The van der Waals surface area contributed by atoms with E-state index >= 15 is 0 Å². The summed E-state index contributed by atoms with van der Waals surface area (Å²) in [6, 6.07) is 9.83. The maximum absolute atomic E-state index is 5.26. The van der Waals surface area contributed by atoms with Crippen LogP contribution in [0, 0.1) is 5.92 Å². The van der Waals surface area contributed by atoms with Crippen LogP contribution >= 0.6 is 0 Å². The molecule has 0 bridgehead atoms. The molecule has 3 rings (SSSR count). The van der Waals surface area contributed by atoms with Gasteiger partial charge in [-0.1, -0.05) is 12.1 Å². The molecule has 0 aromatic heterocycles.